The molecular formula is C35H34F2N6O12P2S. The molecular weight excluding hydrogens is 828 g/mol. The van der Waals surface area contributed by atoms with Crippen molar-refractivity contribution in [3.8, 4) is 0 Å². The van der Waals surface area contributed by atoms with E-state index in [1.54, 1.807) is 36.4 Å². The molecule has 23 heteroatoms. The highest BCUT2D eigenvalue weighted by atomic mass is 32.7. The Hall–Kier alpha value is -4.27. The molecule has 2 aromatic carbocycles. The van der Waals surface area contributed by atoms with Crippen LogP contribution in [-0.4, -0.2) is 103 Å². The smallest absolute Gasteiger partial charge is 0.382 e. The number of ether oxygens (including phenoxy) is 2. The zero-order valence-electron chi connectivity index (χ0n) is 30.2. The number of halogens is 2. The zero-order chi connectivity index (χ0) is 40.9. The van der Waals surface area contributed by atoms with E-state index in [0.29, 0.717) is 28.1 Å². The summed E-state index contributed by atoms with van der Waals surface area (Å²) in [6.45, 7) is -4.53. The molecule has 3 N–H and O–H groups in total. The fraction of sp³-hybridized carbons (Fsp3) is 0.371. The Labute approximate surface area is 331 Å². The van der Waals surface area contributed by atoms with Crippen LogP contribution in [-0.2, 0) is 52.0 Å². The van der Waals surface area contributed by atoms with Crippen LogP contribution in [0.25, 0.3) is 11.2 Å². The molecule has 18 nitrogen and oxygen atoms in total. The molecule has 4 aliphatic heterocycles. The molecule has 10 atom stereocenters. The number of allylic oxidation sites excluding steroid dienone is 1. The number of aryl methyl sites for hydroxylation is 1. The number of fused-ring (bicyclic) bond motifs is 5. The van der Waals surface area contributed by atoms with Gasteiger partial charge >= 0.3 is 14.6 Å². The lowest BCUT2D eigenvalue weighted by Crippen LogP contribution is -2.46. The highest BCUT2D eigenvalue weighted by molar-refractivity contribution is 8.54. The maximum absolute atomic E-state index is 16.6. The molecule has 1 amide bonds. The van der Waals surface area contributed by atoms with E-state index < -0.39 is 95.2 Å². The van der Waals surface area contributed by atoms with Crippen molar-refractivity contribution in [3.05, 3.63) is 95.7 Å². The highest BCUT2D eigenvalue weighted by Gasteiger charge is 2.56. The number of hydrogen-bond acceptors (Lipinski definition) is 16. The van der Waals surface area contributed by atoms with Crippen molar-refractivity contribution in [2.45, 2.75) is 68.3 Å². The zero-order valence-corrected chi connectivity index (χ0v) is 32.8. The fourth-order valence-electron chi connectivity index (χ4n) is 6.70. The number of anilines is 1. The third kappa shape index (κ3) is 8.16. The van der Waals surface area contributed by atoms with Crippen molar-refractivity contribution in [3.63, 3.8) is 0 Å². The lowest BCUT2D eigenvalue weighted by molar-refractivity contribution is -0.148. The Bertz CT molecular complexity index is 2380. The lowest BCUT2D eigenvalue weighted by Gasteiger charge is -2.31. The normalized spacial score (nSPS) is 33.1. The van der Waals surface area contributed by atoms with Crippen LogP contribution in [0, 0.1) is 6.92 Å². The third-order valence-electron chi connectivity index (χ3n) is 9.72. The van der Waals surface area contributed by atoms with Crippen molar-refractivity contribution in [2.24, 2.45) is 0 Å². The number of rotatable bonds is 7. The van der Waals surface area contributed by atoms with Crippen LogP contribution in [0.3, 0.4) is 0 Å². The summed E-state index contributed by atoms with van der Waals surface area (Å²) >= 11 is 0.622. The Balaban J connectivity index is 1.11. The first kappa shape index (κ1) is 40.5. The summed E-state index contributed by atoms with van der Waals surface area (Å²) in [7, 11) is -5.26. The van der Waals surface area contributed by atoms with E-state index in [1.807, 2.05) is 19.1 Å². The van der Waals surface area contributed by atoms with E-state index in [4.69, 9.17) is 33.3 Å². The number of alkyl halides is 2. The Kier molecular flexibility index (Phi) is 11.2. The second-order valence-corrected chi connectivity index (χ2v) is 19.1. The minimum absolute atomic E-state index is 0.00808. The second-order valence-electron chi connectivity index (χ2n) is 13.7. The molecule has 0 aliphatic carbocycles. The number of phosphoric ester groups is 1. The summed E-state index contributed by atoms with van der Waals surface area (Å²) in [4.78, 5) is 61.6. The SMILES string of the molecule is Cc1ccc(C(=O)c2ccc(CS[P@@]3(=O)OC[C@H]4O[C@@H](N5C=CC(=O)CC5=O)[C@H](OP(=O)(O)OC[C@H]5O[C@@H](n6cnc7c(N)ncnc76)[C@H](O3)[C@@H]5F)[C@@H]4F)cc2)cc1. The maximum Gasteiger partial charge on any atom is 0.472 e. The molecule has 58 heavy (non-hydrogen) atoms. The number of nitrogens with two attached hydrogens (primary N) is 1. The van der Waals surface area contributed by atoms with Crippen molar-refractivity contribution in [2.75, 3.05) is 18.9 Å². The fourth-order valence-corrected chi connectivity index (χ4v) is 11.0. The van der Waals surface area contributed by atoms with E-state index >= 15 is 8.78 Å². The average molecular weight is 863 g/mol. The van der Waals surface area contributed by atoms with Crippen molar-refractivity contribution in [1.29, 1.82) is 0 Å². The van der Waals surface area contributed by atoms with Gasteiger partial charge in [0.05, 0.1) is 26.0 Å². The Morgan fingerprint density at radius 1 is 0.914 bits per heavy atom. The molecule has 2 aromatic heterocycles. The molecule has 3 saturated heterocycles. The number of imidazole rings is 1. The number of ketones is 2. The van der Waals surface area contributed by atoms with Crippen LogP contribution >= 0.6 is 26.0 Å². The molecule has 0 spiro atoms. The van der Waals surface area contributed by atoms with Gasteiger partial charge in [0.2, 0.25) is 5.91 Å². The molecule has 6 heterocycles. The first-order valence-electron chi connectivity index (χ1n) is 17.7. The number of hydrogen-bond donors (Lipinski definition) is 2. The number of aromatic nitrogens is 4. The van der Waals surface area contributed by atoms with Crippen LogP contribution < -0.4 is 5.73 Å². The molecule has 306 valence electrons. The summed E-state index contributed by atoms with van der Waals surface area (Å²) in [5.41, 5.74) is 8.60. The molecule has 4 aliphatic rings. The van der Waals surface area contributed by atoms with Gasteiger partial charge in [-0.2, -0.15) is 0 Å². The van der Waals surface area contributed by atoms with Crippen LogP contribution in [0.2, 0.25) is 0 Å². The summed E-state index contributed by atoms with van der Waals surface area (Å²) in [6, 6.07) is 13.5. The number of amides is 1. The van der Waals surface area contributed by atoms with Gasteiger partial charge in [0.25, 0.3) is 0 Å². The molecule has 4 bridgehead atoms. The van der Waals surface area contributed by atoms with E-state index in [1.165, 1.54) is 10.9 Å². The Morgan fingerprint density at radius 3 is 2.24 bits per heavy atom. The van der Waals surface area contributed by atoms with Gasteiger partial charge in [-0.25, -0.2) is 32.9 Å². The molecule has 3 fully saturated rings. The van der Waals surface area contributed by atoms with Gasteiger partial charge in [-0.05, 0) is 29.9 Å². The quantitative estimate of drug-likeness (QED) is 0.148. The Morgan fingerprint density at radius 2 is 1.55 bits per heavy atom. The third-order valence-corrected chi connectivity index (χ3v) is 14.4. The molecule has 1 unspecified atom stereocenters. The first-order chi connectivity index (χ1) is 27.7. The summed E-state index contributed by atoms with van der Waals surface area (Å²) < 4.78 is 96.0. The van der Waals surface area contributed by atoms with Crippen LogP contribution in [0.1, 0.15) is 39.7 Å². The van der Waals surface area contributed by atoms with Crippen molar-refractivity contribution < 1.29 is 64.8 Å². The van der Waals surface area contributed by atoms with Crippen molar-refractivity contribution in [1.82, 2.24) is 24.4 Å². The van der Waals surface area contributed by atoms with Crippen molar-refractivity contribution >= 4 is 60.5 Å². The predicted octanol–water partition coefficient (Wildman–Crippen LogP) is 4.52. The number of benzene rings is 2. The number of carbonyl (C=O) groups is 3. The van der Waals surface area contributed by atoms with Gasteiger partial charge in [0, 0.05) is 23.1 Å². The van der Waals surface area contributed by atoms with Gasteiger partial charge in [-0.1, -0.05) is 54.1 Å². The predicted molar refractivity (Wildman–Crippen MR) is 199 cm³/mol. The highest BCUT2D eigenvalue weighted by Crippen LogP contribution is 2.65. The number of phosphoric acid groups is 1. The van der Waals surface area contributed by atoms with E-state index in [0.717, 1.165) is 29.1 Å². The number of nitrogen functional groups attached to an aromatic ring is 1. The topological polar surface area (TPSA) is 234 Å². The summed E-state index contributed by atoms with van der Waals surface area (Å²) in [5, 5.41) is 0. The minimum atomic E-state index is -5.26. The molecule has 4 aromatic rings. The molecule has 0 radical (unpaired) electrons. The number of carbonyl (C=O) groups excluding carboxylic acids is 3. The van der Waals surface area contributed by atoms with Crippen LogP contribution in [0.5, 0.6) is 0 Å². The van der Waals surface area contributed by atoms with E-state index in [9.17, 15) is 28.4 Å². The summed E-state index contributed by atoms with van der Waals surface area (Å²) in [5.74, 6) is -1.67. The monoisotopic (exact) mass is 862 g/mol. The van der Waals surface area contributed by atoms with Gasteiger partial charge in [-0.15, -0.1) is 0 Å². The minimum Gasteiger partial charge on any atom is -0.382 e. The van der Waals surface area contributed by atoms with Gasteiger partial charge < -0.3 is 20.1 Å². The number of nitrogens with zero attached hydrogens (tertiary/aromatic N) is 5. The second kappa shape index (κ2) is 16.1. The van der Waals surface area contributed by atoms with Gasteiger partial charge in [0.15, 0.2) is 47.8 Å². The van der Waals surface area contributed by atoms with Crippen LogP contribution in [0.15, 0.2) is 73.5 Å². The standard InChI is InChI=1S/C35H34F2N6O12P2S/c1-18-2-6-20(7-3-18)29(46)21-8-4-19(5-9-21)15-58-57(49)51-14-24-26(36)30(34(52-24)42-11-10-22(44)12-25(42)45)54-56(47,48)50-13-23-27(37)31(55-57)35(53-23)43-17-41-28-32(38)39-16-40-33(28)43/h2-11,16-17,23-24,26-27,30-31,34-35H,12-15H2,1H3,(H,47,48)(H2,38,39,40)/t23-,24-,26-,27-,30-,31-,34-,35-,57+/m1/s1. The molecule has 0 saturated carbocycles. The molecule has 8 rings (SSSR count). The first-order valence-corrected chi connectivity index (χ1v) is 22.3. The maximum atomic E-state index is 16.6. The summed E-state index contributed by atoms with van der Waals surface area (Å²) in [6.07, 6.45) is -11.1. The lowest BCUT2D eigenvalue weighted by atomic mass is 10.0. The average Bonchev–Trinajstić information content (AvgIpc) is 3.85. The van der Waals surface area contributed by atoms with Gasteiger partial charge in [-0.3, -0.25) is 41.9 Å². The van der Waals surface area contributed by atoms with Crippen LogP contribution in [0.4, 0.5) is 14.6 Å². The van der Waals surface area contributed by atoms with E-state index in [-0.39, 0.29) is 28.5 Å². The van der Waals surface area contributed by atoms with E-state index in [2.05, 4.69) is 15.0 Å². The van der Waals surface area contributed by atoms with Gasteiger partial charge in [0.1, 0.15) is 36.3 Å². The largest absolute Gasteiger partial charge is 0.472 e.